The van der Waals surface area contributed by atoms with Crippen LogP contribution >= 0.6 is 8.58 Å². The highest BCUT2D eigenvalue weighted by atomic mass is 31.1. The van der Waals surface area contributed by atoms with Crippen LogP contribution in [-0.4, -0.2) is 11.4 Å². The fourth-order valence-corrected chi connectivity index (χ4v) is 7.16. The monoisotopic (exact) mass is 522 g/mol. The Morgan fingerprint density at radius 3 is 2.03 bits per heavy atom. The summed E-state index contributed by atoms with van der Waals surface area (Å²) in [5.74, 6) is 0.417. The molecule has 0 aliphatic rings. The van der Waals surface area contributed by atoms with Gasteiger partial charge in [0.25, 0.3) is 0 Å². The van der Waals surface area contributed by atoms with E-state index in [1.165, 1.54) is 16.7 Å². The standard InChI is InChI=1S/C35H39O2P/c1-3-5-14-21-35(4-2,38-33-20-13-12-19-30(33)26-36)32-25-29(22-27-15-8-6-9-16-27)24-31(34(32)37)23-28-17-10-7-11-18-28/h6-13,15-20,24-26,37-38H,3-5,14,21-23H2,1-2H3. The number of hydrogen-bond donors (Lipinski definition) is 1. The van der Waals surface area contributed by atoms with Gasteiger partial charge in [-0.25, -0.2) is 0 Å². The normalized spacial score (nSPS) is 13.0. The Labute approximate surface area is 229 Å². The van der Waals surface area contributed by atoms with Gasteiger partial charge in [0.05, 0.1) is 0 Å². The molecule has 0 aromatic heterocycles. The maximum absolute atomic E-state index is 11.9. The molecule has 4 aromatic carbocycles. The molecule has 2 nitrogen and oxygen atoms in total. The number of hydrogen-bond acceptors (Lipinski definition) is 2. The van der Waals surface area contributed by atoms with E-state index in [2.05, 4.69) is 80.6 Å². The van der Waals surface area contributed by atoms with Crippen molar-refractivity contribution in [1.82, 2.24) is 0 Å². The molecule has 0 amide bonds. The van der Waals surface area contributed by atoms with Crippen molar-refractivity contribution in [2.24, 2.45) is 0 Å². The van der Waals surface area contributed by atoms with E-state index >= 15 is 0 Å². The second-order valence-corrected chi connectivity index (χ2v) is 11.9. The lowest BCUT2D eigenvalue weighted by atomic mass is 9.85. The van der Waals surface area contributed by atoms with Crippen molar-refractivity contribution < 1.29 is 9.90 Å². The maximum Gasteiger partial charge on any atom is 0.150 e. The van der Waals surface area contributed by atoms with E-state index in [0.717, 1.165) is 66.8 Å². The first-order chi connectivity index (χ1) is 18.6. The fraction of sp³-hybridized carbons (Fsp3) is 0.286. The number of phenolic OH excluding ortho intramolecular Hbond substituents is 1. The zero-order valence-corrected chi connectivity index (χ0v) is 23.6. The minimum atomic E-state index is -0.240. The second kappa shape index (κ2) is 13.5. The molecule has 0 aliphatic heterocycles. The molecule has 0 fully saturated rings. The average Bonchev–Trinajstić information content (AvgIpc) is 2.95. The topological polar surface area (TPSA) is 37.3 Å². The number of rotatable bonds is 13. The molecule has 2 unspecified atom stereocenters. The zero-order chi connectivity index (χ0) is 26.8. The predicted molar refractivity (Wildman–Crippen MR) is 162 cm³/mol. The number of unbranched alkanes of at least 4 members (excludes halogenated alkanes) is 2. The molecule has 38 heavy (non-hydrogen) atoms. The van der Waals surface area contributed by atoms with Gasteiger partial charge >= 0.3 is 0 Å². The summed E-state index contributed by atoms with van der Waals surface area (Å²) in [4.78, 5) is 11.9. The highest BCUT2D eigenvalue weighted by molar-refractivity contribution is 7.48. The van der Waals surface area contributed by atoms with Crippen LogP contribution in [-0.2, 0) is 18.0 Å². The third-order valence-corrected chi connectivity index (χ3v) is 9.60. The van der Waals surface area contributed by atoms with Crippen molar-refractivity contribution in [2.75, 3.05) is 0 Å². The summed E-state index contributed by atoms with van der Waals surface area (Å²) >= 11 is 0. The molecule has 2 atom stereocenters. The lowest BCUT2D eigenvalue weighted by Gasteiger charge is -2.36. The Bertz CT molecular complexity index is 1320. The van der Waals surface area contributed by atoms with Gasteiger partial charge < -0.3 is 5.11 Å². The van der Waals surface area contributed by atoms with Crippen LogP contribution in [0.15, 0.2) is 97.1 Å². The van der Waals surface area contributed by atoms with Crippen LogP contribution in [0.4, 0.5) is 0 Å². The fourth-order valence-electron chi connectivity index (χ4n) is 5.38. The van der Waals surface area contributed by atoms with E-state index in [0.29, 0.717) is 20.8 Å². The van der Waals surface area contributed by atoms with Crippen molar-refractivity contribution in [1.29, 1.82) is 0 Å². The molecule has 1 N–H and O–H groups in total. The molecule has 3 heteroatoms. The van der Waals surface area contributed by atoms with Gasteiger partial charge in [0, 0.05) is 22.7 Å². The van der Waals surface area contributed by atoms with Crippen LogP contribution < -0.4 is 5.30 Å². The number of carbonyl (C=O) groups excluding carboxylic acids is 1. The van der Waals surface area contributed by atoms with Gasteiger partial charge in [-0.2, -0.15) is 0 Å². The van der Waals surface area contributed by atoms with Gasteiger partial charge in [-0.05, 0) is 46.8 Å². The van der Waals surface area contributed by atoms with Crippen molar-refractivity contribution in [3.63, 3.8) is 0 Å². The summed E-state index contributed by atoms with van der Waals surface area (Å²) in [5.41, 5.74) is 6.43. The quantitative estimate of drug-likeness (QED) is 0.108. The van der Waals surface area contributed by atoms with E-state index in [4.69, 9.17) is 0 Å². The summed E-state index contributed by atoms with van der Waals surface area (Å²) in [7, 11) is 0.394. The van der Waals surface area contributed by atoms with Crippen LogP contribution in [0.1, 0.15) is 84.1 Å². The van der Waals surface area contributed by atoms with E-state index < -0.39 is 0 Å². The first-order valence-electron chi connectivity index (χ1n) is 13.8. The van der Waals surface area contributed by atoms with Crippen LogP contribution in [0.25, 0.3) is 0 Å². The third-order valence-electron chi connectivity index (χ3n) is 7.53. The number of aldehydes is 1. The van der Waals surface area contributed by atoms with Crippen LogP contribution in [0.3, 0.4) is 0 Å². The van der Waals surface area contributed by atoms with Crippen LogP contribution in [0, 0.1) is 0 Å². The molecule has 196 valence electrons. The smallest absolute Gasteiger partial charge is 0.150 e. The Morgan fingerprint density at radius 2 is 1.39 bits per heavy atom. The van der Waals surface area contributed by atoms with Crippen molar-refractivity contribution in [3.8, 4) is 5.75 Å². The molecular weight excluding hydrogens is 483 g/mol. The summed E-state index contributed by atoms with van der Waals surface area (Å²) < 4.78 is 0. The molecule has 0 heterocycles. The molecule has 0 radical (unpaired) electrons. The Hall–Kier alpha value is -3.22. The molecule has 0 aliphatic carbocycles. The lowest BCUT2D eigenvalue weighted by molar-refractivity contribution is 0.112. The molecule has 0 saturated carbocycles. The van der Waals surface area contributed by atoms with Gasteiger partial charge in [0.15, 0.2) is 6.29 Å². The average molecular weight is 523 g/mol. The number of aromatic hydroxyl groups is 1. The first kappa shape index (κ1) is 27.8. The largest absolute Gasteiger partial charge is 0.507 e. The van der Waals surface area contributed by atoms with E-state index in [-0.39, 0.29) is 5.16 Å². The number of phenols is 1. The van der Waals surface area contributed by atoms with Crippen LogP contribution in [0.2, 0.25) is 0 Å². The van der Waals surface area contributed by atoms with Gasteiger partial charge in [0.2, 0.25) is 0 Å². The Balaban J connectivity index is 1.86. The SMILES string of the molecule is CCCCCC(CC)(Pc1ccccc1C=O)c1cc(Cc2ccccc2)cc(Cc2ccccc2)c1O. The maximum atomic E-state index is 11.9. The second-order valence-electron chi connectivity index (χ2n) is 10.2. The minimum absolute atomic E-state index is 0.240. The minimum Gasteiger partial charge on any atom is -0.507 e. The highest BCUT2D eigenvalue weighted by Crippen LogP contribution is 2.52. The van der Waals surface area contributed by atoms with E-state index in [1.54, 1.807) is 0 Å². The number of carbonyl (C=O) groups is 1. The highest BCUT2D eigenvalue weighted by Gasteiger charge is 2.34. The van der Waals surface area contributed by atoms with Crippen LogP contribution in [0.5, 0.6) is 5.75 Å². The molecule has 4 rings (SSSR count). The Kier molecular flexibility index (Phi) is 9.91. The molecule has 4 aromatic rings. The predicted octanol–water partition coefficient (Wildman–Crippen LogP) is 8.58. The van der Waals surface area contributed by atoms with E-state index in [9.17, 15) is 9.90 Å². The zero-order valence-electron chi connectivity index (χ0n) is 22.6. The van der Waals surface area contributed by atoms with E-state index in [1.807, 2.05) is 30.3 Å². The molecular formula is C35H39O2P. The van der Waals surface area contributed by atoms with Crippen molar-refractivity contribution in [3.05, 3.63) is 130 Å². The van der Waals surface area contributed by atoms with Gasteiger partial charge in [-0.1, -0.05) is 139 Å². The third kappa shape index (κ3) is 6.80. The van der Waals surface area contributed by atoms with Crippen molar-refractivity contribution in [2.45, 2.75) is 63.9 Å². The summed E-state index contributed by atoms with van der Waals surface area (Å²) in [6.07, 6.45) is 7.75. The van der Waals surface area contributed by atoms with Gasteiger partial charge in [0.1, 0.15) is 5.75 Å². The first-order valence-corrected chi connectivity index (χ1v) is 14.8. The Morgan fingerprint density at radius 1 is 0.763 bits per heavy atom. The number of benzene rings is 4. The summed E-state index contributed by atoms with van der Waals surface area (Å²) in [6, 6.07) is 33.3. The molecule has 0 saturated heterocycles. The molecule has 0 bridgehead atoms. The van der Waals surface area contributed by atoms with Gasteiger partial charge in [-0.15, -0.1) is 0 Å². The molecule has 0 spiro atoms. The summed E-state index contributed by atoms with van der Waals surface area (Å²) in [5, 5.41) is 12.7. The van der Waals surface area contributed by atoms with Gasteiger partial charge in [-0.3, -0.25) is 4.79 Å². The summed E-state index contributed by atoms with van der Waals surface area (Å²) in [6.45, 7) is 4.47. The van der Waals surface area contributed by atoms with Crippen molar-refractivity contribution >= 4 is 20.2 Å². The lowest BCUT2D eigenvalue weighted by Crippen LogP contribution is -2.25.